The van der Waals surface area contributed by atoms with Gasteiger partial charge in [0.05, 0.1) is 58.4 Å². The summed E-state index contributed by atoms with van der Waals surface area (Å²) >= 11 is 0. The molecule has 3 fully saturated rings. The van der Waals surface area contributed by atoms with E-state index in [1.165, 1.54) is 18.5 Å². The third-order valence-corrected chi connectivity index (χ3v) is 8.69. The number of sulfone groups is 1. The van der Waals surface area contributed by atoms with E-state index in [1.807, 2.05) is 36.4 Å². The Morgan fingerprint density at radius 3 is 2.71 bits per heavy atom. The molecule has 0 atom stereocenters. The Morgan fingerprint density at radius 1 is 1.07 bits per heavy atom. The van der Waals surface area contributed by atoms with E-state index in [0.717, 1.165) is 54.8 Å². The molecule has 4 aromatic rings. The maximum Gasteiger partial charge on any atom is 0.253 e. The number of methoxy groups -OCH3 is 1. The molecule has 1 aliphatic carbocycles. The van der Waals surface area contributed by atoms with Gasteiger partial charge in [-0.3, -0.25) is 14.8 Å². The molecule has 2 aliphatic heterocycles. The summed E-state index contributed by atoms with van der Waals surface area (Å²) in [6, 6.07) is 12.8. The molecule has 2 saturated heterocycles. The summed E-state index contributed by atoms with van der Waals surface area (Å²) in [5.74, 6) is 0.331. The molecular weight excluding hydrogens is 544 g/mol. The molecule has 6 heterocycles. The van der Waals surface area contributed by atoms with E-state index in [9.17, 15) is 13.2 Å². The number of pyridine rings is 4. The van der Waals surface area contributed by atoms with Gasteiger partial charge in [0, 0.05) is 49.3 Å². The number of carbonyl (C=O) groups is 1. The quantitative estimate of drug-likeness (QED) is 0.290. The molecule has 2 bridgehead atoms. The minimum absolute atomic E-state index is 0.0158. The normalized spacial score (nSPS) is 21.4. The van der Waals surface area contributed by atoms with Gasteiger partial charge in [0.25, 0.3) is 5.91 Å². The lowest BCUT2D eigenvalue weighted by atomic mass is 9.62. The van der Waals surface area contributed by atoms with Crippen LogP contribution in [0.25, 0.3) is 22.3 Å². The first kappa shape index (κ1) is 27.2. The van der Waals surface area contributed by atoms with Crippen molar-refractivity contribution in [3.8, 4) is 11.4 Å². The average molecular weight is 575 g/mol. The van der Waals surface area contributed by atoms with E-state index < -0.39 is 15.7 Å². The van der Waals surface area contributed by atoms with E-state index in [1.54, 1.807) is 13.3 Å². The Balaban J connectivity index is 1.13. The molecule has 0 spiro atoms. The van der Waals surface area contributed by atoms with Crippen molar-refractivity contribution in [3.05, 3.63) is 72.3 Å². The molecule has 3 aliphatic rings. The standard InChI is InChI=1S/C29H30N6O5S/c1-39-18-29-14-28(15-29,17-40-29)16-33-26-5-3-4-23(35-26)24-7-6-19-11-31-21(9-25(19)34-24)12-32-27(36)20-8-22(13-30-10-20)41(2,37)38/h3-11,13H,12,14-18H2,1-2H3,(H,32,36)(H,33,35). The summed E-state index contributed by atoms with van der Waals surface area (Å²) in [6.45, 7) is 2.29. The fraction of sp³-hybridized carbons (Fsp3) is 0.345. The van der Waals surface area contributed by atoms with E-state index >= 15 is 0 Å². The number of nitrogens with zero attached hydrogens (tertiary/aromatic N) is 4. The van der Waals surface area contributed by atoms with Crippen molar-refractivity contribution in [1.29, 1.82) is 0 Å². The van der Waals surface area contributed by atoms with Crippen LogP contribution in [0.15, 0.2) is 66.0 Å². The second-order valence-electron chi connectivity index (χ2n) is 10.9. The van der Waals surface area contributed by atoms with Crippen LogP contribution in [0.3, 0.4) is 0 Å². The molecule has 2 N–H and O–H groups in total. The molecule has 212 valence electrons. The maximum absolute atomic E-state index is 12.6. The van der Waals surface area contributed by atoms with Gasteiger partial charge in [0.15, 0.2) is 9.84 Å². The summed E-state index contributed by atoms with van der Waals surface area (Å²) in [6.07, 6.45) is 7.30. The van der Waals surface area contributed by atoms with Gasteiger partial charge in [0.1, 0.15) is 5.82 Å². The number of fused-ring (bicyclic) bond motifs is 2. The van der Waals surface area contributed by atoms with Crippen LogP contribution in [0.2, 0.25) is 0 Å². The van der Waals surface area contributed by atoms with Crippen LogP contribution in [0.1, 0.15) is 28.9 Å². The lowest BCUT2D eigenvalue weighted by Gasteiger charge is -2.44. The van der Waals surface area contributed by atoms with Gasteiger partial charge in [0.2, 0.25) is 0 Å². The van der Waals surface area contributed by atoms with Gasteiger partial charge < -0.3 is 20.1 Å². The first-order valence-electron chi connectivity index (χ1n) is 13.2. The van der Waals surface area contributed by atoms with Crippen LogP contribution in [-0.2, 0) is 25.9 Å². The predicted octanol–water partition coefficient (Wildman–Crippen LogP) is 3.03. The zero-order chi connectivity index (χ0) is 28.7. The third-order valence-electron chi connectivity index (χ3n) is 7.61. The zero-order valence-electron chi connectivity index (χ0n) is 22.8. The van der Waals surface area contributed by atoms with E-state index in [4.69, 9.17) is 19.4 Å². The lowest BCUT2D eigenvalue weighted by molar-refractivity contribution is -0.0686. The molecule has 1 amide bonds. The number of nitrogens with one attached hydrogen (secondary N) is 2. The highest BCUT2D eigenvalue weighted by Gasteiger charge is 2.62. The van der Waals surface area contributed by atoms with Crippen LogP contribution >= 0.6 is 0 Å². The second kappa shape index (κ2) is 10.4. The van der Waals surface area contributed by atoms with Crippen LogP contribution in [0.4, 0.5) is 5.82 Å². The highest BCUT2D eigenvalue weighted by atomic mass is 32.2. The number of ether oxygens (including phenoxy) is 2. The van der Waals surface area contributed by atoms with Crippen LogP contribution in [0, 0.1) is 5.41 Å². The Kier molecular flexibility index (Phi) is 6.92. The fourth-order valence-electron chi connectivity index (χ4n) is 5.68. The number of aromatic nitrogens is 4. The smallest absolute Gasteiger partial charge is 0.253 e. The van der Waals surface area contributed by atoms with Crippen LogP contribution in [0.5, 0.6) is 0 Å². The minimum Gasteiger partial charge on any atom is -0.382 e. The molecule has 4 aromatic heterocycles. The molecule has 7 rings (SSSR count). The largest absolute Gasteiger partial charge is 0.382 e. The summed E-state index contributed by atoms with van der Waals surface area (Å²) in [5.41, 5.74) is 2.95. The number of hydrogen-bond donors (Lipinski definition) is 2. The lowest BCUT2D eigenvalue weighted by Crippen LogP contribution is -2.50. The zero-order valence-corrected chi connectivity index (χ0v) is 23.6. The summed E-state index contributed by atoms with van der Waals surface area (Å²) in [7, 11) is -1.76. The fourth-order valence-corrected chi connectivity index (χ4v) is 6.27. The number of amides is 1. The number of hydrogen-bond acceptors (Lipinski definition) is 10. The first-order valence-corrected chi connectivity index (χ1v) is 15.1. The highest BCUT2D eigenvalue weighted by molar-refractivity contribution is 7.90. The van der Waals surface area contributed by atoms with E-state index in [2.05, 4.69) is 20.6 Å². The molecular formula is C29H30N6O5S. The minimum atomic E-state index is -3.47. The van der Waals surface area contributed by atoms with Gasteiger partial charge in [-0.2, -0.15) is 0 Å². The molecule has 12 heteroatoms. The Bertz CT molecular complexity index is 1740. The van der Waals surface area contributed by atoms with Gasteiger partial charge in [-0.25, -0.2) is 18.4 Å². The second-order valence-corrected chi connectivity index (χ2v) is 13.0. The SMILES string of the molecule is COCC12CC(CNc3cccc(-c4ccc5cnc(CNC(=O)c6cncc(S(C)(=O)=O)c6)cc5n4)n3)(CO1)C2. The van der Waals surface area contributed by atoms with Gasteiger partial charge in [-0.15, -0.1) is 0 Å². The van der Waals surface area contributed by atoms with Crippen LogP contribution < -0.4 is 10.6 Å². The Morgan fingerprint density at radius 2 is 1.90 bits per heavy atom. The number of carbonyl (C=O) groups excluding carboxylic acids is 1. The van der Waals surface area contributed by atoms with Crippen molar-refractivity contribution in [2.24, 2.45) is 5.41 Å². The van der Waals surface area contributed by atoms with Gasteiger partial charge in [-0.1, -0.05) is 6.07 Å². The number of rotatable bonds is 10. The summed E-state index contributed by atoms with van der Waals surface area (Å²) < 4.78 is 34.9. The molecule has 41 heavy (non-hydrogen) atoms. The van der Waals surface area contributed by atoms with Gasteiger partial charge >= 0.3 is 0 Å². The molecule has 1 saturated carbocycles. The van der Waals surface area contributed by atoms with E-state index in [0.29, 0.717) is 17.8 Å². The third kappa shape index (κ3) is 5.63. The molecule has 0 aromatic carbocycles. The van der Waals surface area contributed by atoms with E-state index in [-0.39, 0.29) is 28.0 Å². The van der Waals surface area contributed by atoms with Crippen molar-refractivity contribution in [3.63, 3.8) is 0 Å². The maximum atomic E-state index is 12.6. The highest BCUT2D eigenvalue weighted by Crippen LogP contribution is 2.57. The first-order chi connectivity index (χ1) is 19.7. The molecule has 0 unspecified atom stereocenters. The predicted molar refractivity (Wildman–Crippen MR) is 152 cm³/mol. The molecule has 11 nitrogen and oxygen atoms in total. The van der Waals surface area contributed by atoms with Crippen molar-refractivity contribution in [2.45, 2.75) is 29.9 Å². The monoisotopic (exact) mass is 574 g/mol. The summed E-state index contributed by atoms with van der Waals surface area (Å²) in [4.78, 5) is 30.5. The molecule has 0 radical (unpaired) electrons. The van der Waals surface area contributed by atoms with Crippen LogP contribution in [-0.4, -0.2) is 73.0 Å². The van der Waals surface area contributed by atoms with Crippen molar-refractivity contribution in [1.82, 2.24) is 25.3 Å². The van der Waals surface area contributed by atoms with Crippen molar-refractivity contribution >= 4 is 32.5 Å². The van der Waals surface area contributed by atoms with Crippen molar-refractivity contribution < 1.29 is 22.7 Å². The van der Waals surface area contributed by atoms with Crippen molar-refractivity contribution in [2.75, 3.05) is 38.4 Å². The Hall–Kier alpha value is -4.00. The average Bonchev–Trinajstić information content (AvgIpc) is 3.50. The topological polar surface area (TPSA) is 145 Å². The number of anilines is 1. The van der Waals surface area contributed by atoms with Gasteiger partial charge in [-0.05, 0) is 49.2 Å². The summed E-state index contributed by atoms with van der Waals surface area (Å²) in [5, 5.41) is 7.10. The Labute approximate surface area is 237 Å².